The average Bonchev–Trinajstić information content (AvgIpc) is 2.71. The monoisotopic (exact) mass is 232 g/mol. The maximum Gasteiger partial charge on any atom is 0.119 e. The first-order valence-electron chi connectivity index (χ1n) is 5.67. The van der Waals surface area contributed by atoms with E-state index in [1.807, 2.05) is 29.2 Å². The Labute approximate surface area is 101 Å². The highest BCUT2D eigenvalue weighted by atomic mass is 16.5. The minimum Gasteiger partial charge on any atom is -0.497 e. The molecule has 1 fully saturated rings. The molecule has 0 radical (unpaired) electrons. The fourth-order valence-corrected chi connectivity index (χ4v) is 2.34. The summed E-state index contributed by atoms with van der Waals surface area (Å²) in [5.74, 6) is 0.806. The van der Waals surface area contributed by atoms with Gasteiger partial charge in [0, 0.05) is 12.6 Å². The fraction of sp³-hybridized carbons (Fsp3) is 0.462. The number of benzene rings is 1. The lowest BCUT2D eigenvalue weighted by molar-refractivity contribution is 0.179. The van der Waals surface area contributed by atoms with Crippen LogP contribution < -0.4 is 4.74 Å². The molecule has 0 aromatic heterocycles. The third-order valence-corrected chi connectivity index (χ3v) is 3.13. The van der Waals surface area contributed by atoms with Gasteiger partial charge in [0.15, 0.2) is 0 Å². The van der Waals surface area contributed by atoms with Crippen LogP contribution in [0.25, 0.3) is 0 Å². The van der Waals surface area contributed by atoms with Crippen molar-refractivity contribution in [2.24, 2.45) is 0 Å². The van der Waals surface area contributed by atoms with Crippen LogP contribution in [-0.2, 0) is 0 Å². The smallest absolute Gasteiger partial charge is 0.119 e. The van der Waals surface area contributed by atoms with Crippen molar-refractivity contribution in [3.05, 3.63) is 29.8 Å². The van der Waals surface area contributed by atoms with Gasteiger partial charge in [0.25, 0.3) is 0 Å². The third kappa shape index (κ3) is 2.57. The van der Waals surface area contributed by atoms with Crippen LogP contribution >= 0.6 is 0 Å². The second-order valence-electron chi connectivity index (χ2n) is 4.27. The van der Waals surface area contributed by atoms with Crippen LogP contribution in [0.15, 0.2) is 24.3 Å². The number of β-amino-alcohol motifs (C(OH)–C–C–N with tert-alkyl or cyclic N) is 1. The van der Waals surface area contributed by atoms with Gasteiger partial charge < -0.3 is 9.84 Å². The number of nitriles is 1. The Hall–Kier alpha value is -1.57. The molecule has 4 nitrogen and oxygen atoms in total. The maximum absolute atomic E-state index is 9.70. The van der Waals surface area contributed by atoms with Crippen LogP contribution in [-0.4, -0.2) is 36.3 Å². The normalized spacial score (nSPS) is 24.5. The summed E-state index contributed by atoms with van der Waals surface area (Å²) in [7, 11) is 1.63. The van der Waals surface area contributed by atoms with E-state index in [1.54, 1.807) is 7.11 Å². The summed E-state index contributed by atoms with van der Waals surface area (Å²) in [4.78, 5) is 2.00. The summed E-state index contributed by atoms with van der Waals surface area (Å²) in [6.45, 7) is 0.911. The molecule has 2 rings (SSSR count). The Morgan fingerprint density at radius 2 is 2.41 bits per heavy atom. The van der Waals surface area contributed by atoms with Gasteiger partial charge in [-0.1, -0.05) is 12.1 Å². The van der Waals surface area contributed by atoms with Crippen molar-refractivity contribution in [3.8, 4) is 11.8 Å². The molecule has 0 saturated carbocycles. The van der Waals surface area contributed by atoms with Gasteiger partial charge in [-0.3, -0.25) is 4.90 Å². The number of rotatable bonds is 3. The van der Waals surface area contributed by atoms with Crippen molar-refractivity contribution >= 4 is 0 Å². The zero-order valence-electron chi connectivity index (χ0n) is 9.84. The topological polar surface area (TPSA) is 56.5 Å². The minimum absolute atomic E-state index is 0.111. The third-order valence-electron chi connectivity index (χ3n) is 3.13. The molecule has 90 valence electrons. The molecule has 1 N–H and O–H groups in total. The number of aliphatic hydroxyl groups is 1. The van der Waals surface area contributed by atoms with Crippen LogP contribution in [0.4, 0.5) is 0 Å². The molecule has 4 heteroatoms. The van der Waals surface area contributed by atoms with E-state index in [0.717, 1.165) is 11.3 Å². The van der Waals surface area contributed by atoms with Crippen LogP contribution in [0.5, 0.6) is 5.75 Å². The first-order valence-corrected chi connectivity index (χ1v) is 5.67. The number of aliphatic hydroxyl groups excluding tert-OH is 1. The lowest BCUT2D eigenvalue weighted by atomic mass is 10.0. The van der Waals surface area contributed by atoms with E-state index < -0.39 is 0 Å². The molecular weight excluding hydrogens is 216 g/mol. The van der Waals surface area contributed by atoms with Crippen LogP contribution in [0.1, 0.15) is 18.0 Å². The van der Waals surface area contributed by atoms with Gasteiger partial charge >= 0.3 is 0 Å². The Morgan fingerprint density at radius 3 is 3.12 bits per heavy atom. The predicted molar refractivity (Wildman–Crippen MR) is 63.5 cm³/mol. The first kappa shape index (κ1) is 11.9. The molecule has 1 aromatic rings. The maximum atomic E-state index is 9.70. The number of nitrogens with zero attached hydrogens (tertiary/aromatic N) is 2. The van der Waals surface area contributed by atoms with Crippen molar-refractivity contribution in [1.29, 1.82) is 5.26 Å². The van der Waals surface area contributed by atoms with Crippen molar-refractivity contribution in [1.82, 2.24) is 4.90 Å². The lowest BCUT2D eigenvalue weighted by Crippen LogP contribution is -2.25. The number of hydrogen-bond donors (Lipinski definition) is 1. The molecule has 0 amide bonds. The lowest BCUT2D eigenvalue weighted by Gasteiger charge is -2.21. The molecule has 0 aliphatic carbocycles. The summed E-state index contributed by atoms with van der Waals surface area (Å²) in [5, 5.41) is 18.5. The van der Waals surface area contributed by atoms with Crippen LogP contribution in [0.2, 0.25) is 0 Å². The zero-order valence-corrected chi connectivity index (χ0v) is 9.84. The summed E-state index contributed by atoms with van der Waals surface area (Å²) < 4.78 is 5.19. The van der Waals surface area contributed by atoms with E-state index in [1.165, 1.54) is 0 Å². The van der Waals surface area contributed by atoms with Gasteiger partial charge in [-0.2, -0.15) is 5.26 Å². The molecule has 1 saturated heterocycles. The highest BCUT2D eigenvalue weighted by Gasteiger charge is 2.31. The molecule has 1 aliphatic heterocycles. The molecule has 0 bridgehead atoms. The van der Waals surface area contributed by atoms with E-state index in [2.05, 4.69) is 6.07 Å². The summed E-state index contributed by atoms with van der Waals surface area (Å²) in [5.41, 5.74) is 1.09. The number of likely N-dealkylation sites (tertiary alicyclic amines) is 1. The fourth-order valence-electron chi connectivity index (χ4n) is 2.34. The average molecular weight is 232 g/mol. The number of methoxy groups -OCH3 is 1. The second-order valence-corrected chi connectivity index (χ2v) is 4.27. The van der Waals surface area contributed by atoms with Gasteiger partial charge in [0.2, 0.25) is 0 Å². The molecule has 0 spiro atoms. The Balaban J connectivity index is 2.22. The zero-order chi connectivity index (χ0) is 12.3. The van der Waals surface area contributed by atoms with Crippen LogP contribution in [0.3, 0.4) is 0 Å². The number of ether oxygens (including phenoxy) is 1. The van der Waals surface area contributed by atoms with E-state index in [9.17, 15) is 5.11 Å². The summed E-state index contributed by atoms with van der Waals surface area (Å²) >= 11 is 0. The minimum atomic E-state index is -0.348. The van der Waals surface area contributed by atoms with Gasteiger partial charge in [-0.05, 0) is 24.1 Å². The SMILES string of the molecule is COc1cccc([C@H]2C[C@H](O)CN2CC#N)c1. The summed E-state index contributed by atoms with van der Waals surface area (Å²) in [6.07, 6.45) is 0.328. The van der Waals surface area contributed by atoms with Gasteiger partial charge in [-0.15, -0.1) is 0 Å². The second kappa shape index (κ2) is 5.17. The highest BCUT2D eigenvalue weighted by molar-refractivity contribution is 5.31. The van der Waals surface area contributed by atoms with Gasteiger partial charge in [0.05, 0.1) is 25.8 Å². The van der Waals surface area contributed by atoms with E-state index in [0.29, 0.717) is 19.5 Å². The summed E-state index contributed by atoms with van der Waals surface area (Å²) in [6, 6.07) is 10.1. The molecule has 1 heterocycles. The first-order chi connectivity index (χ1) is 8.24. The highest BCUT2D eigenvalue weighted by Crippen LogP contribution is 2.33. The van der Waals surface area contributed by atoms with Crippen molar-refractivity contribution < 1.29 is 9.84 Å². The molecule has 0 unspecified atom stereocenters. The standard InChI is InChI=1S/C13H16N2O2/c1-17-12-4-2-3-10(7-12)13-8-11(16)9-15(13)6-5-14/h2-4,7,11,13,16H,6,8-9H2,1H3/t11-,13+/m0/s1. The van der Waals surface area contributed by atoms with Crippen molar-refractivity contribution in [2.45, 2.75) is 18.6 Å². The Kier molecular flexibility index (Phi) is 3.62. The van der Waals surface area contributed by atoms with Crippen LogP contribution in [0, 0.1) is 11.3 Å². The van der Waals surface area contributed by atoms with E-state index in [4.69, 9.17) is 10.00 Å². The van der Waals surface area contributed by atoms with E-state index >= 15 is 0 Å². The molecule has 17 heavy (non-hydrogen) atoms. The Bertz CT molecular complexity index is 428. The number of hydrogen-bond acceptors (Lipinski definition) is 4. The Morgan fingerprint density at radius 1 is 1.59 bits per heavy atom. The predicted octanol–water partition coefficient (Wildman–Crippen LogP) is 1.33. The molecule has 1 aliphatic rings. The van der Waals surface area contributed by atoms with Gasteiger partial charge in [-0.25, -0.2) is 0 Å². The molecule has 2 atom stereocenters. The van der Waals surface area contributed by atoms with E-state index in [-0.39, 0.29) is 12.1 Å². The molecule has 1 aromatic carbocycles. The molecular formula is C13H16N2O2. The van der Waals surface area contributed by atoms with Crippen molar-refractivity contribution in [3.63, 3.8) is 0 Å². The van der Waals surface area contributed by atoms with Gasteiger partial charge in [0.1, 0.15) is 5.75 Å². The largest absolute Gasteiger partial charge is 0.497 e. The quantitative estimate of drug-likeness (QED) is 0.799. The van der Waals surface area contributed by atoms with Crippen molar-refractivity contribution in [2.75, 3.05) is 20.2 Å².